The Hall–Kier alpha value is -2.03. The summed E-state index contributed by atoms with van der Waals surface area (Å²) in [6.45, 7) is 15.2. The minimum atomic E-state index is -0.295. The topological polar surface area (TPSA) is 29.5 Å². The van der Waals surface area contributed by atoms with Gasteiger partial charge in [-0.1, -0.05) is 30.4 Å². The van der Waals surface area contributed by atoms with E-state index in [1.807, 2.05) is 0 Å². The van der Waals surface area contributed by atoms with E-state index in [1.165, 1.54) is 22.5 Å². The maximum Gasteiger partial charge on any atom is 0.333 e. The molecule has 0 N–H and O–H groups in total. The first-order valence-corrected chi connectivity index (χ1v) is 8.67. The second kappa shape index (κ2) is 9.96. The molecule has 1 aromatic rings. The number of unbranched alkanes of at least 4 members (excludes halogenated alkanes) is 2. The molecule has 0 aliphatic carbocycles. The molecule has 0 unspecified atom stereocenters. The number of esters is 1. The number of benzene rings is 1. The molecule has 0 saturated carbocycles. The van der Waals surface area contributed by atoms with Crippen molar-refractivity contribution in [3.05, 3.63) is 53.3 Å². The van der Waals surface area contributed by atoms with Crippen molar-refractivity contribution >= 4 is 11.7 Å². The Balaban J connectivity index is 2.54. The number of hydrogen-bond donors (Lipinski definition) is 0. The number of carbonyl (C=O) groups excluding carboxylic acids is 1. The fraction of sp³-hybridized carbons (Fsp3) is 0.476. The highest BCUT2D eigenvalue weighted by atomic mass is 16.5. The summed E-state index contributed by atoms with van der Waals surface area (Å²) in [6.07, 6.45) is 5.12. The van der Waals surface area contributed by atoms with Gasteiger partial charge in [0.05, 0.1) is 6.61 Å². The third-order valence-electron chi connectivity index (χ3n) is 4.09. The molecule has 0 spiro atoms. The average molecular weight is 329 g/mol. The molecule has 0 bridgehead atoms. The number of ether oxygens (including phenoxy) is 1. The highest BCUT2D eigenvalue weighted by Crippen LogP contribution is 2.25. The summed E-state index contributed by atoms with van der Waals surface area (Å²) in [5.41, 5.74) is 5.57. The normalized spacial score (nSPS) is 11.3. The summed E-state index contributed by atoms with van der Waals surface area (Å²) in [5, 5.41) is 0. The third-order valence-corrected chi connectivity index (χ3v) is 4.09. The van der Waals surface area contributed by atoms with E-state index in [1.54, 1.807) is 6.92 Å². The molecule has 1 rings (SSSR count). The third kappa shape index (κ3) is 6.23. The lowest BCUT2D eigenvalue weighted by atomic mass is 10.1. The van der Waals surface area contributed by atoms with E-state index in [4.69, 9.17) is 4.74 Å². The van der Waals surface area contributed by atoms with Gasteiger partial charge in [-0.3, -0.25) is 0 Å². The summed E-state index contributed by atoms with van der Waals surface area (Å²) >= 11 is 0. The Kier molecular flexibility index (Phi) is 8.31. The van der Waals surface area contributed by atoms with Crippen LogP contribution in [0.15, 0.2) is 42.1 Å². The van der Waals surface area contributed by atoms with Crippen molar-refractivity contribution < 1.29 is 9.53 Å². The van der Waals surface area contributed by atoms with Gasteiger partial charge < -0.3 is 9.64 Å². The number of anilines is 1. The second-order valence-corrected chi connectivity index (χ2v) is 6.35. The van der Waals surface area contributed by atoms with Crippen molar-refractivity contribution in [1.29, 1.82) is 0 Å². The van der Waals surface area contributed by atoms with Crippen molar-refractivity contribution in [2.24, 2.45) is 0 Å². The van der Waals surface area contributed by atoms with Crippen molar-refractivity contribution in [3.8, 4) is 0 Å². The Labute approximate surface area is 147 Å². The number of hydrogen-bond acceptors (Lipinski definition) is 3. The van der Waals surface area contributed by atoms with Gasteiger partial charge in [-0.25, -0.2) is 4.79 Å². The minimum absolute atomic E-state index is 0.295. The maximum absolute atomic E-state index is 11.3. The van der Waals surface area contributed by atoms with E-state index in [9.17, 15) is 4.79 Å². The number of nitrogens with zero attached hydrogens (tertiary/aromatic N) is 1. The van der Waals surface area contributed by atoms with Crippen LogP contribution in [0.5, 0.6) is 0 Å². The number of aryl methyl sites for hydroxylation is 2. The summed E-state index contributed by atoms with van der Waals surface area (Å²) in [6, 6.07) is 6.59. The number of carbonyl (C=O) groups is 1. The van der Waals surface area contributed by atoms with E-state index < -0.39 is 0 Å². The molecule has 0 amide bonds. The zero-order chi connectivity index (χ0) is 18.1. The van der Waals surface area contributed by atoms with Crippen LogP contribution in [0.1, 0.15) is 51.2 Å². The van der Waals surface area contributed by atoms with Gasteiger partial charge in [-0.05, 0) is 65.5 Å². The molecule has 132 valence electrons. The van der Waals surface area contributed by atoms with E-state index in [0.29, 0.717) is 12.2 Å². The summed E-state index contributed by atoms with van der Waals surface area (Å²) in [7, 11) is 0. The Morgan fingerprint density at radius 2 is 1.92 bits per heavy atom. The lowest BCUT2D eigenvalue weighted by Gasteiger charge is -2.27. The zero-order valence-corrected chi connectivity index (χ0v) is 15.8. The van der Waals surface area contributed by atoms with Crippen LogP contribution in [0.25, 0.3) is 0 Å². The molecule has 0 aromatic heterocycles. The SMILES string of the molecule is C=C(C)C(=O)OCCCCCN(/C(C)=C/C)c1ccc(C)cc1C. The largest absolute Gasteiger partial charge is 0.462 e. The van der Waals surface area contributed by atoms with E-state index in [0.717, 1.165) is 25.8 Å². The summed E-state index contributed by atoms with van der Waals surface area (Å²) < 4.78 is 5.13. The van der Waals surface area contributed by atoms with E-state index in [-0.39, 0.29) is 5.97 Å². The van der Waals surface area contributed by atoms with Crippen LogP contribution in [0.3, 0.4) is 0 Å². The Morgan fingerprint density at radius 3 is 2.50 bits per heavy atom. The van der Waals surface area contributed by atoms with Gasteiger partial charge in [-0.15, -0.1) is 0 Å². The van der Waals surface area contributed by atoms with Gasteiger partial charge in [0, 0.05) is 23.5 Å². The molecule has 0 aliphatic heterocycles. The number of rotatable bonds is 9. The molecule has 0 radical (unpaired) electrons. The van der Waals surface area contributed by atoms with Gasteiger partial charge in [-0.2, -0.15) is 0 Å². The van der Waals surface area contributed by atoms with Crippen LogP contribution < -0.4 is 4.90 Å². The molecule has 3 nitrogen and oxygen atoms in total. The van der Waals surface area contributed by atoms with Crippen molar-refractivity contribution in [2.75, 3.05) is 18.1 Å². The van der Waals surface area contributed by atoms with Crippen molar-refractivity contribution in [3.63, 3.8) is 0 Å². The van der Waals surface area contributed by atoms with E-state index in [2.05, 4.69) is 63.4 Å². The first-order chi connectivity index (χ1) is 11.4. The van der Waals surface area contributed by atoms with Crippen LogP contribution in [0.2, 0.25) is 0 Å². The zero-order valence-electron chi connectivity index (χ0n) is 15.8. The van der Waals surface area contributed by atoms with Crippen LogP contribution >= 0.6 is 0 Å². The number of allylic oxidation sites excluding steroid dienone is 2. The summed E-state index contributed by atoms with van der Waals surface area (Å²) in [4.78, 5) is 13.7. The second-order valence-electron chi connectivity index (χ2n) is 6.35. The van der Waals surface area contributed by atoms with Gasteiger partial charge in [0.2, 0.25) is 0 Å². The molecule has 1 aromatic carbocycles. The Bertz CT molecular complexity index is 602. The van der Waals surface area contributed by atoms with Crippen LogP contribution in [-0.4, -0.2) is 19.1 Å². The molecule has 0 fully saturated rings. The predicted octanol–water partition coefficient (Wildman–Crippen LogP) is 5.32. The molecule has 3 heteroatoms. The summed E-state index contributed by atoms with van der Waals surface area (Å²) in [5.74, 6) is -0.295. The monoisotopic (exact) mass is 329 g/mol. The quantitative estimate of drug-likeness (QED) is 0.349. The van der Waals surface area contributed by atoms with Crippen LogP contribution in [0.4, 0.5) is 5.69 Å². The highest BCUT2D eigenvalue weighted by molar-refractivity contribution is 5.86. The van der Waals surface area contributed by atoms with Gasteiger partial charge in [0.25, 0.3) is 0 Å². The average Bonchev–Trinajstić information content (AvgIpc) is 2.54. The minimum Gasteiger partial charge on any atom is -0.462 e. The highest BCUT2D eigenvalue weighted by Gasteiger charge is 2.11. The van der Waals surface area contributed by atoms with Crippen LogP contribution in [-0.2, 0) is 9.53 Å². The maximum atomic E-state index is 11.3. The smallest absolute Gasteiger partial charge is 0.333 e. The standard InChI is InChI=1S/C21H31NO2/c1-7-19(6)22(20-12-11-17(4)15-18(20)5)13-9-8-10-14-24-21(23)16(2)3/h7,11-12,15H,2,8-10,13-14H2,1,3-6H3/b19-7+. The molecule has 24 heavy (non-hydrogen) atoms. The molecule has 0 aliphatic rings. The fourth-order valence-corrected chi connectivity index (χ4v) is 2.59. The van der Waals surface area contributed by atoms with Gasteiger partial charge >= 0.3 is 5.97 Å². The van der Waals surface area contributed by atoms with Crippen LogP contribution in [0, 0.1) is 13.8 Å². The molecule has 0 atom stereocenters. The first kappa shape index (κ1) is 20.0. The Morgan fingerprint density at radius 1 is 1.21 bits per heavy atom. The molecule has 0 heterocycles. The lowest BCUT2D eigenvalue weighted by Crippen LogP contribution is -2.23. The molecular formula is C21H31NO2. The van der Waals surface area contributed by atoms with Crippen molar-refractivity contribution in [2.45, 2.75) is 53.9 Å². The fourth-order valence-electron chi connectivity index (χ4n) is 2.59. The lowest BCUT2D eigenvalue weighted by molar-refractivity contribution is -0.139. The van der Waals surface area contributed by atoms with Gasteiger partial charge in [0.1, 0.15) is 0 Å². The first-order valence-electron chi connectivity index (χ1n) is 8.67. The van der Waals surface area contributed by atoms with Crippen molar-refractivity contribution in [1.82, 2.24) is 0 Å². The predicted molar refractivity (Wildman–Crippen MR) is 102 cm³/mol. The van der Waals surface area contributed by atoms with E-state index >= 15 is 0 Å². The molecule has 0 saturated heterocycles. The molecular weight excluding hydrogens is 298 g/mol. The van der Waals surface area contributed by atoms with Gasteiger partial charge in [0.15, 0.2) is 0 Å².